The van der Waals surface area contributed by atoms with E-state index in [-0.39, 0.29) is 11.7 Å². The van der Waals surface area contributed by atoms with Gasteiger partial charge in [0.1, 0.15) is 10.8 Å². The van der Waals surface area contributed by atoms with Gasteiger partial charge in [-0.1, -0.05) is 11.8 Å². The Balaban J connectivity index is 2.05. The van der Waals surface area contributed by atoms with Gasteiger partial charge >= 0.3 is 5.97 Å². The molecule has 0 radical (unpaired) electrons. The Bertz CT molecular complexity index is 729. The quantitative estimate of drug-likeness (QED) is 0.654. The Morgan fingerprint density at radius 1 is 1.30 bits per heavy atom. The molecule has 6 nitrogen and oxygen atoms in total. The predicted molar refractivity (Wildman–Crippen MR) is 90.5 cm³/mol. The molecule has 2 aromatic rings. The molecule has 0 spiro atoms. The van der Waals surface area contributed by atoms with Crippen LogP contribution < -0.4 is 5.32 Å². The molecule has 0 saturated heterocycles. The van der Waals surface area contributed by atoms with Gasteiger partial charge in [0.15, 0.2) is 0 Å². The molecule has 0 saturated carbocycles. The van der Waals surface area contributed by atoms with Crippen LogP contribution in [0.5, 0.6) is 0 Å². The number of nitrogens with one attached hydrogen (secondary N) is 1. The highest BCUT2D eigenvalue weighted by Gasteiger charge is 2.21. The Morgan fingerprint density at radius 3 is 2.57 bits per heavy atom. The largest absolute Gasteiger partial charge is 0.465 e. The van der Waals surface area contributed by atoms with Crippen molar-refractivity contribution >= 4 is 40.0 Å². The van der Waals surface area contributed by atoms with E-state index < -0.39 is 5.97 Å². The molecule has 2 aromatic heterocycles. The van der Waals surface area contributed by atoms with Gasteiger partial charge in [-0.25, -0.2) is 9.78 Å². The Morgan fingerprint density at radius 2 is 2.00 bits per heavy atom. The van der Waals surface area contributed by atoms with Crippen LogP contribution in [0.25, 0.3) is 0 Å². The molecule has 0 atom stereocenters. The van der Waals surface area contributed by atoms with Crippen molar-refractivity contribution in [2.75, 3.05) is 18.2 Å². The number of aryl methyl sites for hydroxylation is 3. The van der Waals surface area contributed by atoms with Crippen LogP contribution >= 0.6 is 23.1 Å². The van der Waals surface area contributed by atoms with Gasteiger partial charge in [-0.2, -0.15) is 0 Å². The summed E-state index contributed by atoms with van der Waals surface area (Å²) < 4.78 is 10.2. The second kappa shape index (κ2) is 7.18. The van der Waals surface area contributed by atoms with Crippen molar-refractivity contribution in [1.29, 1.82) is 0 Å². The molecule has 0 fully saturated rings. The minimum absolute atomic E-state index is 0.149. The number of rotatable bonds is 5. The number of nitrogens with zero attached hydrogens (tertiary/aromatic N) is 1. The summed E-state index contributed by atoms with van der Waals surface area (Å²) in [6.45, 7) is 7.41. The third-order valence-corrected chi connectivity index (χ3v) is 5.31. The van der Waals surface area contributed by atoms with E-state index in [2.05, 4.69) is 10.3 Å². The smallest absolute Gasteiger partial charge is 0.341 e. The normalized spacial score (nSPS) is 10.7. The zero-order valence-corrected chi connectivity index (χ0v) is 15.2. The zero-order chi connectivity index (χ0) is 17.1. The number of thioether (sulfide) groups is 1. The molecule has 2 heterocycles. The number of carbonyl (C=O) groups excluding carboxylic acids is 2. The summed E-state index contributed by atoms with van der Waals surface area (Å²) in [4.78, 5) is 29.2. The van der Waals surface area contributed by atoms with Crippen LogP contribution in [-0.2, 0) is 9.53 Å². The van der Waals surface area contributed by atoms with Crippen molar-refractivity contribution in [2.24, 2.45) is 0 Å². The van der Waals surface area contributed by atoms with E-state index in [1.807, 2.05) is 27.7 Å². The zero-order valence-electron chi connectivity index (χ0n) is 13.6. The maximum Gasteiger partial charge on any atom is 0.341 e. The second-order valence-electron chi connectivity index (χ2n) is 4.94. The first kappa shape index (κ1) is 17.6. The summed E-state index contributed by atoms with van der Waals surface area (Å²) in [7, 11) is 1.32. The van der Waals surface area contributed by atoms with E-state index in [9.17, 15) is 9.59 Å². The predicted octanol–water partition coefficient (Wildman–Crippen LogP) is 3.49. The van der Waals surface area contributed by atoms with Gasteiger partial charge in [0.2, 0.25) is 5.91 Å². The highest BCUT2D eigenvalue weighted by molar-refractivity contribution is 7.99. The number of amides is 1. The van der Waals surface area contributed by atoms with Gasteiger partial charge in [-0.15, -0.1) is 11.3 Å². The summed E-state index contributed by atoms with van der Waals surface area (Å²) in [5.74, 6) is 0.213. The number of methoxy groups -OCH3 is 1. The average Bonchev–Trinajstić information content (AvgIpc) is 2.96. The molecule has 0 aliphatic carbocycles. The number of carbonyl (C=O) groups is 2. The van der Waals surface area contributed by atoms with E-state index in [1.54, 1.807) is 0 Å². The van der Waals surface area contributed by atoms with Crippen molar-refractivity contribution in [1.82, 2.24) is 4.98 Å². The minimum atomic E-state index is -0.450. The standard InChI is InChI=1S/C15H18N2O4S2/c1-7-10(4)23-13(12(7)14(19)20-5)17-11(18)6-22-15-16-8(2)9(3)21-15/h6H2,1-5H3,(H,17,18). The molecule has 2 rings (SSSR count). The summed E-state index contributed by atoms with van der Waals surface area (Å²) >= 11 is 2.57. The number of ether oxygens (including phenoxy) is 1. The SMILES string of the molecule is COC(=O)c1c(NC(=O)CSc2nc(C)c(C)o2)sc(C)c1C. The number of esters is 1. The Labute approximate surface area is 142 Å². The Kier molecular flexibility index (Phi) is 5.48. The lowest BCUT2D eigenvalue weighted by Crippen LogP contribution is -2.16. The van der Waals surface area contributed by atoms with Crippen LogP contribution in [0.2, 0.25) is 0 Å². The lowest BCUT2D eigenvalue weighted by molar-refractivity contribution is -0.113. The van der Waals surface area contributed by atoms with Gasteiger partial charge in [0.25, 0.3) is 5.22 Å². The van der Waals surface area contributed by atoms with E-state index in [0.717, 1.165) is 21.9 Å². The summed E-state index contributed by atoms with van der Waals surface area (Å²) in [5.41, 5.74) is 2.05. The highest BCUT2D eigenvalue weighted by atomic mass is 32.2. The van der Waals surface area contributed by atoms with E-state index in [0.29, 0.717) is 15.8 Å². The van der Waals surface area contributed by atoms with Gasteiger partial charge in [0, 0.05) is 4.88 Å². The van der Waals surface area contributed by atoms with Crippen LogP contribution in [0.4, 0.5) is 5.00 Å². The number of hydrogen-bond acceptors (Lipinski definition) is 7. The second-order valence-corrected chi connectivity index (χ2v) is 7.09. The molecular weight excluding hydrogens is 336 g/mol. The van der Waals surface area contributed by atoms with Crippen LogP contribution in [0, 0.1) is 27.7 Å². The molecule has 0 unspecified atom stereocenters. The number of aromatic nitrogens is 1. The van der Waals surface area contributed by atoms with Crippen molar-refractivity contribution in [3.05, 3.63) is 27.5 Å². The number of hydrogen-bond donors (Lipinski definition) is 1. The fraction of sp³-hybridized carbons (Fsp3) is 0.400. The van der Waals surface area contributed by atoms with Crippen LogP contribution in [0.1, 0.15) is 32.3 Å². The topological polar surface area (TPSA) is 81.4 Å². The molecule has 1 amide bonds. The first-order chi connectivity index (χ1) is 10.8. The van der Waals surface area contributed by atoms with Crippen LogP contribution in [0.3, 0.4) is 0 Å². The maximum absolute atomic E-state index is 12.1. The molecule has 23 heavy (non-hydrogen) atoms. The molecule has 0 bridgehead atoms. The van der Waals surface area contributed by atoms with Crippen molar-refractivity contribution < 1.29 is 18.7 Å². The molecule has 0 aromatic carbocycles. The number of oxazole rings is 1. The summed E-state index contributed by atoms with van der Waals surface area (Å²) in [5, 5.41) is 3.74. The van der Waals surface area contributed by atoms with E-state index in [1.165, 1.54) is 30.2 Å². The van der Waals surface area contributed by atoms with Gasteiger partial charge < -0.3 is 14.5 Å². The van der Waals surface area contributed by atoms with Crippen molar-refractivity contribution in [3.8, 4) is 0 Å². The fourth-order valence-corrected chi connectivity index (χ4v) is 3.63. The Hall–Kier alpha value is -1.80. The number of thiophene rings is 1. The molecular formula is C15H18N2O4S2. The fourth-order valence-electron chi connectivity index (χ4n) is 1.86. The van der Waals surface area contributed by atoms with E-state index in [4.69, 9.17) is 9.15 Å². The highest BCUT2D eigenvalue weighted by Crippen LogP contribution is 2.33. The maximum atomic E-state index is 12.1. The molecule has 0 aliphatic rings. The van der Waals surface area contributed by atoms with Crippen molar-refractivity contribution in [3.63, 3.8) is 0 Å². The van der Waals surface area contributed by atoms with Crippen LogP contribution in [-0.4, -0.2) is 29.7 Å². The number of anilines is 1. The average molecular weight is 354 g/mol. The van der Waals surface area contributed by atoms with Crippen molar-refractivity contribution in [2.45, 2.75) is 32.9 Å². The first-order valence-corrected chi connectivity index (χ1v) is 8.68. The van der Waals surface area contributed by atoms with Crippen LogP contribution in [0.15, 0.2) is 9.64 Å². The van der Waals surface area contributed by atoms with Gasteiger partial charge in [-0.3, -0.25) is 4.79 Å². The molecule has 8 heteroatoms. The molecule has 124 valence electrons. The monoisotopic (exact) mass is 354 g/mol. The van der Waals surface area contributed by atoms with Gasteiger partial charge in [0.05, 0.1) is 24.1 Å². The third kappa shape index (κ3) is 3.94. The lowest BCUT2D eigenvalue weighted by atomic mass is 10.1. The van der Waals surface area contributed by atoms with Gasteiger partial charge in [-0.05, 0) is 33.3 Å². The first-order valence-electron chi connectivity index (χ1n) is 6.88. The third-order valence-electron chi connectivity index (χ3n) is 3.36. The minimum Gasteiger partial charge on any atom is -0.465 e. The summed E-state index contributed by atoms with van der Waals surface area (Å²) in [6.07, 6.45) is 0. The molecule has 0 aliphatic heterocycles. The summed E-state index contributed by atoms with van der Waals surface area (Å²) in [6, 6.07) is 0. The molecule has 1 N–H and O–H groups in total. The van der Waals surface area contributed by atoms with E-state index >= 15 is 0 Å². The lowest BCUT2D eigenvalue weighted by Gasteiger charge is -2.05.